The normalized spacial score (nSPS) is 24.0. The van der Waals surface area contributed by atoms with Crippen LogP contribution in [-0.2, 0) is 4.79 Å². The molecule has 2 atom stereocenters. The summed E-state index contributed by atoms with van der Waals surface area (Å²) in [4.78, 5) is 16.3. The van der Waals surface area contributed by atoms with Crippen molar-refractivity contribution in [2.24, 2.45) is 5.92 Å². The van der Waals surface area contributed by atoms with E-state index in [2.05, 4.69) is 17.1 Å². The van der Waals surface area contributed by atoms with E-state index in [0.717, 1.165) is 32.1 Å². The molecule has 126 valence electrons. The summed E-state index contributed by atoms with van der Waals surface area (Å²) < 4.78 is 0. The molecule has 21 heavy (non-hydrogen) atoms. The van der Waals surface area contributed by atoms with E-state index in [9.17, 15) is 9.90 Å². The smallest absolute Gasteiger partial charge is 0.236 e. The Morgan fingerprint density at radius 1 is 1.33 bits per heavy atom. The molecule has 1 aliphatic carbocycles. The average Bonchev–Trinajstić information content (AvgIpc) is 3.15. The maximum absolute atomic E-state index is 12.1. The number of halogens is 2. The summed E-state index contributed by atoms with van der Waals surface area (Å²) in [6, 6.07) is 0.329. The van der Waals surface area contributed by atoms with Crippen molar-refractivity contribution in [2.45, 2.75) is 38.8 Å². The Labute approximate surface area is 140 Å². The lowest BCUT2D eigenvalue weighted by Gasteiger charge is -2.40. The third-order valence-corrected chi connectivity index (χ3v) is 4.02. The standard InChI is InChI=1S/C14H27N3O2.2ClH/c1-11-9-17(6-5-16(11)10-12(2)18)14(19)8-15-7-13-3-4-13;;/h11-13,15,18H,3-10H2,1-2H3;2*1H. The molecule has 5 nitrogen and oxygen atoms in total. The van der Waals surface area contributed by atoms with E-state index in [1.54, 1.807) is 0 Å². The number of amides is 1. The van der Waals surface area contributed by atoms with Gasteiger partial charge in [-0.05, 0) is 39.2 Å². The van der Waals surface area contributed by atoms with Gasteiger partial charge in [0, 0.05) is 32.2 Å². The van der Waals surface area contributed by atoms with Crippen LogP contribution in [0.4, 0.5) is 0 Å². The van der Waals surface area contributed by atoms with Gasteiger partial charge in [0.05, 0.1) is 12.6 Å². The molecule has 2 N–H and O–H groups in total. The number of carbonyl (C=O) groups is 1. The molecule has 1 aliphatic heterocycles. The lowest BCUT2D eigenvalue weighted by Crippen LogP contribution is -2.56. The quantitative estimate of drug-likeness (QED) is 0.748. The zero-order valence-electron chi connectivity index (χ0n) is 13.0. The van der Waals surface area contributed by atoms with Crippen molar-refractivity contribution < 1.29 is 9.90 Å². The first kappa shape index (κ1) is 20.9. The first-order valence-corrected chi connectivity index (χ1v) is 7.47. The third kappa shape index (κ3) is 7.15. The number of nitrogens with zero attached hydrogens (tertiary/aromatic N) is 2. The van der Waals surface area contributed by atoms with Crippen molar-refractivity contribution in [3.05, 3.63) is 0 Å². The fraction of sp³-hybridized carbons (Fsp3) is 0.929. The van der Waals surface area contributed by atoms with Crippen LogP contribution in [0.1, 0.15) is 26.7 Å². The second-order valence-corrected chi connectivity index (χ2v) is 6.11. The van der Waals surface area contributed by atoms with Crippen molar-refractivity contribution in [2.75, 3.05) is 39.3 Å². The van der Waals surface area contributed by atoms with Crippen molar-refractivity contribution in [3.8, 4) is 0 Å². The molecule has 0 aromatic heterocycles. The van der Waals surface area contributed by atoms with Crippen LogP contribution in [0.25, 0.3) is 0 Å². The summed E-state index contributed by atoms with van der Waals surface area (Å²) in [5.41, 5.74) is 0. The van der Waals surface area contributed by atoms with Crippen LogP contribution in [0.2, 0.25) is 0 Å². The van der Waals surface area contributed by atoms with E-state index < -0.39 is 0 Å². The van der Waals surface area contributed by atoms with Gasteiger partial charge in [-0.3, -0.25) is 9.69 Å². The minimum Gasteiger partial charge on any atom is -0.392 e. The van der Waals surface area contributed by atoms with Crippen LogP contribution < -0.4 is 5.32 Å². The Balaban J connectivity index is 0.00000200. The summed E-state index contributed by atoms with van der Waals surface area (Å²) in [5, 5.41) is 12.7. The molecule has 2 aliphatic rings. The third-order valence-electron chi connectivity index (χ3n) is 4.02. The molecule has 0 bridgehead atoms. The van der Waals surface area contributed by atoms with E-state index in [-0.39, 0.29) is 36.8 Å². The Bertz CT molecular complexity index is 315. The molecule has 0 aromatic carbocycles. The number of piperazine rings is 1. The molecule has 1 saturated carbocycles. The lowest BCUT2D eigenvalue weighted by atomic mass is 10.1. The van der Waals surface area contributed by atoms with Gasteiger partial charge in [-0.2, -0.15) is 0 Å². The SMILES string of the molecule is CC(O)CN1CCN(C(=O)CNCC2CC2)CC1C.Cl.Cl. The summed E-state index contributed by atoms with van der Waals surface area (Å²) in [5.74, 6) is 1.03. The van der Waals surface area contributed by atoms with Gasteiger partial charge >= 0.3 is 0 Å². The van der Waals surface area contributed by atoms with E-state index >= 15 is 0 Å². The predicted molar refractivity (Wildman–Crippen MR) is 89.4 cm³/mol. The molecule has 1 saturated heterocycles. The molecule has 0 spiro atoms. The number of nitrogens with one attached hydrogen (secondary N) is 1. The number of rotatable bonds is 6. The van der Waals surface area contributed by atoms with Gasteiger partial charge < -0.3 is 15.3 Å². The molecule has 7 heteroatoms. The van der Waals surface area contributed by atoms with Crippen molar-refractivity contribution in [1.82, 2.24) is 15.1 Å². The Hall–Kier alpha value is -0.0700. The largest absolute Gasteiger partial charge is 0.392 e. The van der Waals surface area contributed by atoms with Gasteiger partial charge in [0.25, 0.3) is 0 Å². The van der Waals surface area contributed by atoms with Crippen LogP contribution in [-0.4, -0.2) is 72.2 Å². The van der Waals surface area contributed by atoms with Crippen molar-refractivity contribution in [1.29, 1.82) is 0 Å². The minimum atomic E-state index is -0.301. The maximum atomic E-state index is 12.1. The first-order chi connectivity index (χ1) is 9.06. The van der Waals surface area contributed by atoms with E-state index in [1.165, 1.54) is 12.8 Å². The zero-order chi connectivity index (χ0) is 13.8. The lowest BCUT2D eigenvalue weighted by molar-refractivity contribution is -0.133. The summed E-state index contributed by atoms with van der Waals surface area (Å²) in [6.45, 7) is 8.51. The Morgan fingerprint density at radius 3 is 2.52 bits per heavy atom. The molecular weight excluding hydrogens is 313 g/mol. The minimum absolute atomic E-state index is 0. The number of hydrogen-bond acceptors (Lipinski definition) is 4. The number of carbonyl (C=O) groups excluding carboxylic acids is 1. The Kier molecular flexibility index (Phi) is 9.81. The molecule has 0 radical (unpaired) electrons. The maximum Gasteiger partial charge on any atom is 0.236 e. The molecular formula is C14H29Cl2N3O2. The highest BCUT2D eigenvalue weighted by Crippen LogP contribution is 2.27. The van der Waals surface area contributed by atoms with Crippen LogP contribution in [0, 0.1) is 5.92 Å². The van der Waals surface area contributed by atoms with Crippen LogP contribution >= 0.6 is 24.8 Å². The zero-order valence-corrected chi connectivity index (χ0v) is 14.6. The van der Waals surface area contributed by atoms with Crippen molar-refractivity contribution in [3.63, 3.8) is 0 Å². The monoisotopic (exact) mass is 341 g/mol. The topological polar surface area (TPSA) is 55.8 Å². The van der Waals surface area contributed by atoms with Crippen LogP contribution in [0.3, 0.4) is 0 Å². The number of aliphatic hydroxyl groups is 1. The van der Waals surface area contributed by atoms with E-state index in [1.807, 2.05) is 11.8 Å². The van der Waals surface area contributed by atoms with E-state index in [0.29, 0.717) is 19.1 Å². The number of hydrogen-bond donors (Lipinski definition) is 2. The highest BCUT2D eigenvalue weighted by Gasteiger charge is 2.27. The fourth-order valence-corrected chi connectivity index (χ4v) is 2.65. The summed E-state index contributed by atoms with van der Waals surface area (Å²) in [6.07, 6.45) is 2.33. The van der Waals surface area contributed by atoms with Gasteiger partial charge in [-0.25, -0.2) is 0 Å². The van der Waals surface area contributed by atoms with Gasteiger partial charge in [0.15, 0.2) is 0 Å². The molecule has 2 fully saturated rings. The van der Waals surface area contributed by atoms with Crippen LogP contribution in [0.5, 0.6) is 0 Å². The van der Waals surface area contributed by atoms with Gasteiger partial charge in [-0.1, -0.05) is 0 Å². The molecule has 2 rings (SSSR count). The second kappa shape index (κ2) is 9.85. The number of β-amino-alcohol motifs (C(OH)–C–C–N with tert-alkyl or cyclic N) is 1. The predicted octanol–water partition coefficient (Wildman–Crippen LogP) is 0.743. The molecule has 1 heterocycles. The average molecular weight is 342 g/mol. The molecule has 2 unspecified atom stereocenters. The molecule has 0 aromatic rings. The summed E-state index contributed by atoms with van der Waals surface area (Å²) in [7, 11) is 0. The second-order valence-electron chi connectivity index (χ2n) is 6.11. The fourth-order valence-electron chi connectivity index (χ4n) is 2.65. The highest BCUT2D eigenvalue weighted by molar-refractivity contribution is 5.85. The number of aliphatic hydroxyl groups excluding tert-OH is 1. The molecule has 1 amide bonds. The highest BCUT2D eigenvalue weighted by atomic mass is 35.5. The van der Waals surface area contributed by atoms with Crippen molar-refractivity contribution >= 4 is 30.7 Å². The van der Waals surface area contributed by atoms with Gasteiger partial charge in [-0.15, -0.1) is 24.8 Å². The Morgan fingerprint density at radius 2 is 2.00 bits per heavy atom. The van der Waals surface area contributed by atoms with Gasteiger partial charge in [0.1, 0.15) is 0 Å². The van der Waals surface area contributed by atoms with E-state index in [4.69, 9.17) is 0 Å². The van der Waals surface area contributed by atoms with Gasteiger partial charge in [0.2, 0.25) is 5.91 Å². The van der Waals surface area contributed by atoms with Crippen LogP contribution in [0.15, 0.2) is 0 Å². The first-order valence-electron chi connectivity index (χ1n) is 7.47. The summed E-state index contributed by atoms with van der Waals surface area (Å²) >= 11 is 0.